The second-order valence-electron chi connectivity index (χ2n) is 5.87. The van der Waals surface area contributed by atoms with Gasteiger partial charge in [-0.1, -0.05) is 13.3 Å². The van der Waals surface area contributed by atoms with E-state index in [1.54, 1.807) is 0 Å². The van der Waals surface area contributed by atoms with Crippen LogP contribution in [0.25, 0.3) is 0 Å². The molecule has 0 bridgehead atoms. The molecule has 19 heavy (non-hydrogen) atoms. The van der Waals surface area contributed by atoms with Crippen molar-refractivity contribution in [3.8, 4) is 0 Å². The highest BCUT2D eigenvalue weighted by molar-refractivity contribution is 5.75. The zero-order valence-electron chi connectivity index (χ0n) is 11.6. The number of carbonyl (C=O) groups excluding carboxylic acids is 1. The number of rotatable bonds is 5. The molecule has 1 aliphatic heterocycles. The molecule has 5 nitrogen and oxygen atoms in total. The molecule has 2 unspecified atom stereocenters. The smallest absolute Gasteiger partial charge is 0.317 e. The van der Waals surface area contributed by atoms with Gasteiger partial charge in [0, 0.05) is 25.6 Å². The first-order valence-electron chi connectivity index (χ1n) is 7.37. The van der Waals surface area contributed by atoms with Gasteiger partial charge in [0.05, 0.1) is 0 Å². The summed E-state index contributed by atoms with van der Waals surface area (Å²) in [6, 6.07) is 0.418. The number of nitrogens with one attached hydrogen (secondary N) is 1. The average Bonchev–Trinajstić information content (AvgIpc) is 3.08. The van der Waals surface area contributed by atoms with Crippen molar-refractivity contribution in [1.29, 1.82) is 0 Å². The number of likely N-dealkylation sites (tertiary alicyclic amines) is 1. The number of piperidine rings is 1. The second-order valence-corrected chi connectivity index (χ2v) is 5.87. The van der Waals surface area contributed by atoms with Crippen LogP contribution in [0.2, 0.25) is 0 Å². The fraction of sp³-hybridized carbons (Fsp3) is 0.857. The summed E-state index contributed by atoms with van der Waals surface area (Å²) in [6.07, 6.45) is 5.35. The van der Waals surface area contributed by atoms with Crippen LogP contribution in [0.4, 0.5) is 4.79 Å². The molecule has 2 rings (SSSR count). The van der Waals surface area contributed by atoms with Crippen LogP contribution >= 0.6 is 0 Å². The first-order chi connectivity index (χ1) is 9.10. The Kier molecular flexibility index (Phi) is 4.66. The van der Waals surface area contributed by atoms with Crippen molar-refractivity contribution >= 4 is 12.0 Å². The lowest BCUT2D eigenvalue weighted by Gasteiger charge is -2.31. The molecule has 0 aromatic carbocycles. The molecule has 2 atom stereocenters. The SMILES string of the molecule is CCCC1CC1NC(=O)N1CCC(CC(=O)O)CC1. The Morgan fingerprint density at radius 3 is 2.58 bits per heavy atom. The van der Waals surface area contributed by atoms with Gasteiger partial charge in [-0.25, -0.2) is 4.79 Å². The van der Waals surface area contributed by atoms with Crippen LogP contribution in [-0.2, 0) is 4.79 Å². The molecule has 1 heterocycles. The summed E-state index contributed by atoms with van der Waals surface area (Å²) < 4.78 is 0. The van der Waals surface area contributed by atoms with Crippen molar-refractivity contribution in [2.75, 3.05) is 13.1 Å². The number of urea groups is 1. The summed E-state index contributed by atoms with van der Waals surface area (Å²) in [5.41, 5.74) is 0. The summed E-state index contributed by atoms with van der Waals surface area (Å²) in [7, 11) is 0. The largest absolute Gasteiger partial charge is 0.481 e. The fourth-order valence-corrected chi connectivity index (χ4v) is 2.95. The first kappa shape index (κ1) is 14.2. The lowest BCUT2D eigenvalue weighted by molar-refractivity contribution is -0.138. The minimum atomic E-state index is -0.733. The maximum absolute atomic E-state index is 12.0. The van der Waals surface area contributed by atoms with E-state index in [4.69, 9.17) is 5.11 Å². The van der Waals surface area contributed by atoms with E-state index in [0.717, 1.165) is 19.3 Å². The molecule has 108 valence electrons. The third-order valence-electron chi connectivity index (χ3n) is 4.26. The predicted octanol–water partition coefficient (Wildman–Crippen LogP) is 2.07. The molecule has 1 aliphatic carbocycles. The van der Waals surface area contributed by atoms with Crippen LogP contribution in [0.3, 0.4) is 0 Å². The maximum atomic E-state index is 12.0. The third-order valence-corrected chi connectivity index (χ3v) is 4.26. The topological polar surface area (TPSA) is 69.6 Å². The van der Waals surface area contributed by atoms with E-state index >= 15 is 0 Å². The quantitative estimate of drug-likeness (QED) is 0.802. The summed E-state index contributed by atoms with van der Waals surface area (Å²) in [4.78, 5) is 24.5. The van der Waals surface area contributed by atoms with Gasteiger partial charge >= 0.3 is 12.0 Å². The highest BCUT2D eigenvalue weighted by atomic mass is 16.4. The molecule has 5 heteroatoms. The summed E-state index contributed by atoms with van der Waals surface area (Å²) in [5, 5.41) is 11.8. The molecule has 2 aliphatic rings. The summed E-state index contributed by atoms with van der Waals surface area (Å²) >= 11 is 0. The van der Waals surface area contributed by atoms with E-state index in [-0.39, 0.29) is 18.4 Å². The van der Waals surface area contributed by atoms with Crippen molar-refractivity contribution in [3.05, 3.63) is 0 Å². The molecule has 2 amide bonds. The van der Waals surface area contributed by atoms with E-state index in [0.29, 0.717) is 25.0 Å². The Hall–Kier alpha value is -1.26. The molecule has 0 spiro atoms. The van der Waals surface area contributed by atoms with Gasteiger partial charge in [0.15, 0.2) is 0 Å². The van der Waals surface area contributed by atoms with Crippen molar-refractivity contribution < 1.29 is 14.7 Å². The van der Waals surface area contributed by atoms with E-state index in [2.05, 4.69) is 12.2 Å². The van der Waals surface area contributed by atoms with E-state index in [1.165, 1.54) is 12.8 Å². The molecular weight excluding hydrogens is 244 g/mol. The minimum Gasteiger partial charge on any atom is -0.481 e. The number of carboxylic acids is 1. The first-order valence-corrected chi connectivity index (χ1v) is 7.37. The van der Waals surface area contributed by atoms with Crippen LogP contribution in [0.1, 0.15) is 45.4 Å². The number of carbonyl (C=O) groups is 2. The molecule has 0 aromatic rings. The highest BCUT2D eigenvalue weighted by Gasteiger charge is 2.38. The maximum Gasteiger partial charge on any atom is 0.317 e. The Morgan fingerprint density at radius 2 is 2.00 bits per heavy atom. The zero-order valence-corrected chi connectivity index (χ0v) is 11.6. The number of nitrogens with zero attached hydrogens (tertiary/aromatic N) is 1. The Labute approximate surface area is 114 Å². The van der Waals surface area contributed by atoms with Crippen LogP contribution in [-0.4, -0.2) is 41.1 Å². The van der Waals surface area contributed by atoms with Gasteiger partial charge in [0.1, 0.15) is 0 Å². The monoisotopic (exact) mass is 268 g/mol. The van der Waals surface area contributed by atoms with Gasteiger partial charge in [-0.15, -0.1) is 0 Å². The van der Waals surface area contributed by atoms with Crippen LogP contribution < -0.4 is 5.32 Å². The molecule has 1 saturated carbocycles. The molecular formula is C14H24N2O3. The van der Waals surface area contributed by atoms with Crippen molar-refractivity contribution in [2.45, 2.75) is 51.5 Å². The van der Waals surface area contributed by atoms with Crippen LogP contribution in [0.5, 0.6) is 0 Å². The van der Waals surface area contributed by atoms with Gasteiger partial charge in [0.2, 0.25) is 0 Å². The van der Waals surface area contributed by atoms with Crippen molar-refractivity contribution in [2.24, 2.45) is 11.8 Å². The molecule has 2 N–H and O–H groups in total. The van der Waals surface area contributed by atoms with Gasteiger partial charge in [-0.2, -0.15) is 0 Å². The lowest BCUT2D eigenvalue weighted by Crippen LogP contribution is -2.45. The predicted molar refractivity (Wildman–Crippen MR) is 71.9 cm³/mol. The number of carboxylic acid groups (broad SMARTS) is 1. The number of aliphatic carboxylic acids is 1. The van der Waals surface area contributed by atoms with Crippen molar-refractivity contribution in [3.63, 3.8) is 0 Å². The van der Waals surface area contributed by atoms with Gasteiger partial charge in [0.25, 0.3) is 0 Å². The minimum absolute atomic E-state index is 0.0392. The molecule has 2 fully saturated rings. The van der Waals surface area contributed by atoms with Crippen LogP contribution in [0, 0.1) is 11.8 Å². The van der Waals surface area contributed by atoms with Gasteiger partial charge in [-0.3, -0.25) is 4.79 Å². The van der Waals surface area contributed by atoms with Crippen LogP contribution in [0.15, 0.2) is 0 Å². The standard InChI is InChI=1S/C14H24N2O3/c1-2-3-11-9-12(11)15-14(19)16-6-4-10(5-7-16)8-13(17)18/h10-12H,2-9H2,1H3,(H,15,19)(H,17,18). The number of hydrogen-bond acceptors (Lipinski definition) is 2. The van der Waals surface area contributed by atoms with Gasteiger partial charge in [-0.05, 0) is 37.5 Å². The van der Waals surface area contributed by atoms with Gasteiger partial charge < -0.3 is 15.3 Å². The van der Waals surface area contributed by atoms with E-state index in [1.807, 2.05) is 4.90 Å². The molecule has 0 radical (unpaired) electrons. The third kappa shape index (κ3) is 4.11. The Balaban J connectivity index is 1.67. The summed E-state index contributed by atoms with van der Waals surface area (Å²) in [5.74, 6) is 0.178. The highest BCUT2D eigenvalue weighted by Crippen LogP contribution is 2.34. The molecule has 0 aromatic heterocycles. The normalized spacial score (nSPS) is 27.1. The zero-order chi connectivity index (χ0) is 13.8. The number of amides is 2. The van der Waals surface area contributed by atoms with E-state index in [9.17, 15) is 9.59 Å². The lowest BCUT2D eigenvalue weighted by atomic mass is 9.94. The fourth-order valence-electron chi connectivity index (χ4n) is 2.95. The average molecular weight is 268 g/mol. The van der Waals surface area contributed by atoms with E-state index < -0.39 is 5.97 Å². The Morgan fingerprint density at radius 1 is 1.32 bits per heavy atom. The number of hydrogen-bond donors (Lipinski definition) is 2. The summed E-state index contributed by atoms with van der Waals surface area (Å²) in [6.45, 7) is 3.55. The second kappa shape index (κ2) is 6.26. The van der Waals surface area contributed by atoms with Crippen molar-refractivity contribution in [1.82, 2.24) is 10.2 Å². The molecule has 1 saturated heterocycles. The Bertz CT molecular complexity index is 338.